The highest BCUT2D eigenvalue weighted by molar-refractivity contribution is 5.84. The first-order chi connectivity index (χ1) is 12.1. The molecule has 0 aromatic carbocycles. The smallest absolute Gasteiger partial charge is 0.223 e. The van der Waals surface area contributed by atoms with Gasteiger partial charge in [-0.25, -0.2) is 0 Å². The van der Waals surface area contributed by atoms with Crippen molar-refractivity contribution in [3.8, 4) is 0 Å². The Morgan fingerprint density at radius 2 is 1.88 bits per heavy atom. The molecule has 1 fully saturated rings. The number of aromatic nitrogens is 1. The monoisotopic (exact) mass is 345 g/mol. The molecule has 1 aromatic rings. The third-order valence-electron chi connectivity index (χ3n) is 4.65. The highest BCUT2D eigenvalue weighted by Crippen LogP contribution is 2.20. The molecular formula is C20H31N3O2. The Kier molecular flexibility index (Phi) is 7.89. The third-order valence-corrected chi connectivity index (χ3v) is 4.65. The van der Waals surface area contributed by atoms with Gasteiger partial charge in [0, 0.05) is 38.3 Å². The van der Waals surface area contributed by atoms with Crippen molar-refractivity contribution < 1.29 is 9.59 Å². The summed E-state index contributed by atoms with van der Waals surface area (Å²) in [5, 5.41) is 3.09. The van der Waals surface area contributed by atoms with Crippen LogP contribution in [-0.2, 0) is 9.59 Å². The maximum absolute atomic E-state index is 12.4. The van der Waals surface area contributed by atoms with Crippen molar-refractivity contribution in [2.75, 3.05) is 13.1 Å². The van der Waals surface area contributed by atoms with E-state index in [1.54, 1.807) is 12.4 Å². The quantitative estimate of drug-likeness (QED) is 0.823. The van der Waals surface area contributed by atoms with Crippen molar-refractivity contribution >= 4 is 11.8 Å². The van der Waals surface area contributed by atoms with Crippen molar-refractivity contribution in [1.29, 1.82) is 0 Å². The summed E-state index contributed by atoms with van der Waals surface area (Å²) in [5.41, 5.74) is 1.02. The number of rotatable bonds is 7. The molecule has 0 spiro atoms. The SMILES string of the molecule is CC(C)C[C@H](NC(=O)CCC(=O)N1CCCCCC1)c1cccnc1. The van der Waals surface area contributed by atoms with Gasteiger partial charge in [0.15, 0.2) is 0 Å². The molecule has 5 heteroatoms. The predicted molar refractivity (Wildman–Crippen MR) is 98.9 cm³/mol. The molecule has 1 saturated heterocycles. The topological polar surface area (TPSA) is 62.3 Å². The largest absolute Gasteiger partial charge is 0.349 e. The molecule has 1 atom stereocenters. The van der Waals surface area contributed by atoms with E-state index in [1.807, 2.05) is 17.0 Å². The maximum Gasteiger partial charge on any atom is 0.223 e. The molecule has 2 heterocycles. The molecule has 2 rings (SSSR count). The summed E-state index contributed by atoms with van der Waals surface area (Å²) in [6, 6.07) is 3.83. The summed E-state index contributed by atoms with van der Waals surface area (Å²) in [6.45, 7) is 5.95. The zero-order valence-corrected chi connectivity index (χ0v) is 15.5. The molecule has 1 aliphatic rings. The van der Waals surface area contributed by atoms with Gasteiger partial charge in [-0.1, -0.05) is 32.8 Å². The minimum absolute atomic E-state index is 0.0468. The normalized spacial score (nSPS) is 16.4. The number of nitrogens with zero attached hydrogens (tertiary/aromatic N) is 2. The number of likely N-dealkylation sites (tertiary alicyclic amines) is 1. The van der Waals surface area contributed by atoms with Gasteiger partial charge in [0.2, 0.25) is 11.8 Å². The van der Waals surface area contributed by atoms with E-state index in [4.69, 9.17) is 0 Å². The molecule has 1 N–H and O–H groups in total. The number of pyridine rings is 1. The Bertz CT molecular complexity index is 537. The van der Waals surface area contributed by atoms with Crippen molar-refractivity contribution in [1.82, 2.24) is 15.2 Å². The molecule has 0 saturated carbocycles. The lowest BCUT2D eigenvalue weighted by atomic mass is 9.98. The van der Waals surface area contributed by atoms with E-state index in [9.17, 15) is 9.59 Å². The number of hydrogen-bond donors (Lipinski definition) is 1. The first kappa shape index (κ1) is 19.4. The second kappa shape index (κ2) is 10.2. The second-order valence-corrected chi connectivity index (χ2v) is 7.33. The van der Waals surface area contributed by atoms with Crippen LogP contribution in [0.3, 0.4) is 0 Å². The molecule has 0 unspecified atom stereocenters. The lowest BCUT2D eigenvalue weighted by Gasteiger charge is -2.22. The van der Waals surface area contributed by atoms with Crippen LogP contribution in [0.1, 0.15) is 70.4 Å². The van der Waals surface area contributed by atoms with Crippen LogP contribution in [0.5, 0.6) is 0 Å². The van der Waals surface area contributed by atoms with Crippen LogP contribution in [0.15, 0.2) is 24.5 Å². The highest BCUT2D eigenvalue weighted by atomic mass is 16.2. The Morgan fingerprint density at radius 3 is 2.48 bits per heavy atom. The molecule has 0 radical (unpaired) electrons. The summed E-state index contributed by atoms with van der Waals surface area (Å²) in [6.07, 6.45) is 9.51. The fraction of sp³-hybridized carbons (Fsp3) is 0.650. The van der Waals surface area contributed by atoms with E-state index >= 15 is 0 Å². The lowest BCUT2D eigenvalue weighted by Crippen LogP contribution is -2.34. The minimum Gasteiger partial charge on any atom is -0.349 e. The fourth-order valence-corrected chi connectivity index (χ4v) is 3.30. The van der Waals surface area contributed by atoms with Crippen LogP contribution < -0.4 is 5.32 Å². The maximum atomic E-state index is 12.4. The van der Waals surface area contributed by atoms with Gasteiger partial charge < -0.3 is 10.2 Å². The third kappa shape index (κ3) is 6.85. The van der Waals surface area contributed by atoms with Gasteiger partial charge in [0.05, 0.1) is 6.04 Å². The molecule has 25 heavy (non-hydrogen) atoms. The van der Waals surface area contributed by atoms with Crippen LogP contribution >= 0.6 is 0 Å². The average molecular weight is 345 g/mol. The van der Waals surface area contributed by atoms with E-state index < -0.39 is 0 Å². The van der Waals surface area contributed by atoms with Gasteiger partial charge in [0.25, 0.3) is 0 Å². The van der Waals surface area contributed by atoms with Crippen molar-refractivity contribution in [2.24, 2.45) is 5.92 Å². The van der Waals surface area contributed by atoms with E-state index in [0.29, 0.717) is 12.3 Å². The van der Waals surface area contributed by atoms with E-state index in [0.717, 1.165) is 37.9 Å². The highest BCUT2D eigenvalue weighted by Gasteiger charge is 2.19. The Hall–Kier alpha value is -1.91. The summed E-state index contributed by atoms with van der Waals surface area (Å²) in [4.78, 5) is 30.8. The molecule has 1 aromatic heterocycles. The predicted octanol–water partition coefficient (Wildman–Crippen LogP) is 3.47. The molecule has 2 amide bonds. The van der Waals surface area contributed by atoms with Crippen LogP contribution in [0.2, 0.25) is 0 Å². The van der Waals surface area contributed by atoms with Gasteiger partial charge >= 0.3 is 0 Å². The average Bonchev–Trinajstić information content (AvgIpc) is 2.89. The first-order valence-corrected chi connectivity index (χ1v) is 9.53. The fourth-order valence-electron chi connectivity index (χ4n) is 3.30. The second-order valence-electron chi connectivity index (χ2n) is 7.33. The zero-order valence-electron chi connectivity index (χ0n) is 15.5. The van der Waals surface area contributed by atoms with E-state index in [2.05, 4.69) is 24.1 Å². The molecular weight excluding hydrogens is 314 g/mol. The van der Waals surface area contributed by atoms with Crippen molar-refractivity contribution in [2.45, 2.75) is 64.8 Å². The lowest BCUT2D eigenvalue weighted by molar-refractivity contribution is -0.133. The molecule has 5 nitrogen and oxygen atoms in total. The van der Waals surface area contributed by atoms with Gasteiger partial charge in [-0.05, 0) is 36.8 Å². The number of nitrogens with one attached hydrogen (secondary N) is 1. The van der Waals surface area contributed by atoms with Gasteiger partial charge in [-0.3, -0.25) is 14.6 Å². The van der Waals surface area contributed by atoms with Crippen LogP contribution in [-0.4, -0.2) is 34.8 Å². The summed E-state index contributed by atoms with van der Waals surface area (Å²) < 4.78 is 0. The summed E-state index contributed by atoms with van der Waals surface area (Å²) >= 11 is 0. The van der Waals surface area contributed by atoms with Crippen LogP contribution in [0.25, 0.3) is 0 Å². The number of hydrogen-bond acceptors (Lipinski definition) is 3. The number of amides is 2. The molecule has 138 valence electrons. The van der Waals surface area contributed by atoms with Crippen LogP contribution in [0.4, 0.5) is 0 Å². The van der Waals surface area contributed by atoms with E-state index in [-0.39, 0.29) is 24.3 Å². The van der Waals surface area contributed by atoms with Gasteiger partial charge in [-0.2, -0.15) is 0 Å². The molecule has 0 bridgehead atoms. The minimum atomic E-state index is -0.0577. The Labute approximate surface area is 151 Å². The van der Waals surface area contributed by atoms with E-state index in [1.165, 1.54) is 12.8 Å². The summed E-state index contributed by atoms with van der Waals surface area (Å²) in [7, 11) is 0. The molecule has 0 aliphatic carbocycles. The van der Waals surface area contributed by atoms with Crippen molar-refractivity contribution in [3.05, 3.63) is 30.1 Å². The standard InChI is InChI=1S/C20H31N3O2/c1-16(2)14-18(17-8-7-11-21-15-17)22-19(24)9-10-20(25)23-12-5-3-4-6-13-23/h7-8,11,15-16,18H,3-6,9-10,12-14H2,1-2H3,(H,22,24)/t18-/m0/s1. The number of carbonyl (C=O) groups excluding carboxylic acids is 2. The first-order valence-electron chi connectivity index (χ1n) is 9.53. The zero-order chi connectivity index (χ0) is 18.1. The Balaban J connectivity index is 1.84. The molecule has 1 aliphatic heterocycles. The van der Waals surface area contributed by atoms with Crippen LogP contribution in [0, 0.1) is 5.92 Å². The Morgan fingerprint density at radius 1 is 1.16 bits per heavy atom. The van der Waals surface area contributed by atoms with Crippen molar-refractivity contribution in [3.63, 3.8) is 0 Å². The summed E-state index contributed by atoms with van der Waals surface area (Å²) in [5.74, 6) is 0.515. The van der Waals surface area contributed by atoms with Gasteiger partial charge in [0.1, 0.15) is 0 Å². The number of carbonyl (C=O) groups is 2. The van der Waals surface area contributed by atoms with Gasteiger partial charge in [-0.15, -0.1) is 0 Å².